The third kappa shape index (κ3) is 4.12. The number of H-pyrrole nitrogens is 1. The van der Waals surface area contributed by atoms with Crippen molar-refractivity contribution >= 4 is 11.8 Å². The van der Waals surface area contributed by atoms with Gasteiger partial charge in [0.25, 0.3) is 5.56 Å². The van der Waals surface area contributed by atoms with Gasteiger partial charge >= 0.3 is 0 Å². The van der Waals surface area contributed by atoms with Gasteiger partial charge in [0.1, 0.15) is 17.4 Å². The molecule has 2 aromatic rings. The lowest BCUT2D eigenvalue weighted by atomic mass is 10.2. The predicted molar refractivity (Wildman–Crippen MR) is 86.3 cm³/mol. The summed E-state index contributed by atoms with van der Waals surface area (Å²) in [7, 11) is 0. The van der Waals surface area contributed by atoms with E-state index >= 15 is 0 Å². The minimum atomic E-state index is -0.378. The monoisotopic (exact) mass is 315 g/mol. The Balaban J connectivity index is 1.92. The van der Waals surface area contributed by atoms with E-state index in [9.17, 15) is 4.79 Å². The second kappa shape index (κ2) is 7.66. The van der Waals surface area contributed by atoms with Crippen molar-refractivity contribution in [2.45, 2.75) is 25.4 Å². The fourth-order valence-corrected chi connectivity index (χ4v) is 2.57. The van der Waals surface area contributed by atoms with E-state index in [0.717, 1.165) is 5.75 Å². The number of nitriles is 1. The number of thioether (sulfide) groups is 1. The van der Waals surface area contributed by atoms with Crippen LogP contribution in [0, 0.1) is 18.3 Å². The molecule has 0 amide bonds. The first-order chi connectivity index (χ1) is 10.6. The van der Waals surface area contributed by atoms with Crippen molar-refractivity contribution in [3.63, 3.8) is 0 Å². The Hall–Kier alpha value is -2.26. The molecular formula is C16H17N3O2S. The van der Waals surface area contributed by atoms with Gasteiger partial charge in [-0.25, -0.2) is 4.98 Å². The van der Waals surface area contributed by atoms with Crippen molar-refractivity contribution in [2.75, 3.05) is 12.4 Å². The molecule has 0 aliphatic heterocycles. The first-order valence-corrected chi connectivity index (χ1v) is 7.98. The predicted octanol–water partition coefficient (Wildman–Crippen LogP) is 2.68. The molecule has 0 aliphatic carbocycles. The van der Waals surface area contributed by atoms with Gasteiger partial charge in [-0.2, -0.15) is 5.26 Å². The molecule has 0 saturated heterocycles. The Morgan fingerprint density at radius 2 is 2.09 bits per heavy atom. The average molecular weight is 315 g/mol. The minimum Gasteiger partial charge on any atom is -0.493 e. The number of rotatable bonds is 6. The highest BCUT2D eigenvalue weighted by Crippen LogP contribution is 2.15. The van der Waals surface area contributed by atoms with Crippen molar-refractivity contribution in [1.29, 1.82) is 5.26 Å². The van der Waals surface area contributed by atoms with E-state index < -0.39 is 0 Å². The molecule has 0 atom stereocenters. The number of ether oxygens (including phenoxy) is 1. The van der Waals surface area contributed by atoms with E-state index in [1.807, 2.05) is 44.2 Å². The first-order valence-electron chi connectivity index (χ1n) is 6.99. The van der Waals surface area contributed by atoms with E-state index in [1.54, 1.807) is 0 Å². The van der Waals surface area contributed by atoms with Gasteiger partial charge in [-0.1, -0.05) is 36.4 Å². The molecule has 2 rings (SSSR count). The molecule has 0 radical (unpaired) electrons. The zero-order chi connectivity index (χ0) is 15.9. The lowest BCUT2D eigenvalue weighted by Crippen LogP contribution is -2.16. The Morgan fingerprint density at radius 1 is 1.36 bits per heavy atom. The summed E-state index contributed by atoms with van der Waals surface area (Å²) in [5.41, 5.74) is 1.44. The van der Waals surface area contributed by atoms with Crippen molar-refractivity contribution in [2.24, 2.45) is 0 Å². The maximum Gasteiger partial charge on any atom is 0.269 e. The van der Waals surface area contributed by atoms with Crippen molar-refractivity contribution in [1.82, 2.24) is 9.97 Å². The van der Waals surface area contributed by atoms with Gasteiger partial charge in [0.2, 0.25) is 0 Å². The van der Waals surface area contributed by atoms with Crippen LogP contribution < -0.4 is 10.3 Å². The van der Waals surface area contributed by atoms with Crippen LogP contribution >= 0.6 is 11.8 Å². The third-order valence-corrected chi connectivity index (χ3v) is 3.87. The van der Waals surface area contributed by atoms with E-state index in [2.05, 4.69) is 9.97 Å². The normalized spacial score (nSPS) is 10.2. The molecule has 1 aromatic carbocycles. The van der Waals surface area contributed by atoms with Gasteiger partial charge in [-0.05, 0) is 25.5 Å². The second-order valence-electron chi connectivity index (χ2n) is 4.67. The summed E-state index contributed by atoms with van der Waals surface area (Å²) in [4.78, 5) is 18.7. The van der Waals surface area contributed by atoms with E-state index in [0.29, 0.717) is 29.6 Å². The van der Waals surface area contributed by atoms with E-state index in [1.165, 1.54) is 17.3 Å². The zero-order valence-corrected chi connectivity index (χ0v) is 13.4. The molecule has 1 N–H and O–H groups in total. The Labute approximate surface area is 133 Å². The smallest absolute Gasteiger partial charge is 0.269 e. The molecule has 0 saturated carbocycles. The molecule has 0 bridgehead atoms. The molecule has 1 heterocycles. The third-order valence-electron chi connectivity index (χ3n) is 3.03. The number of hydrogen-bond acceptors (Lipinski definition) is 5. The fourth-order valence-electron chi connectivity index (χ4n) is 1.87. The Bertz CT molecular complexity index is 733. The molecule has 5 nitrogen and oxygen atoms in total. The molecule has 0 fully saturated rings. The van der Waals surface area contributed by atoms with Crippen molar-refractivity contribution in [3.05, 3.63) is 51.4 Å². The molecular weight excluding hydrogens is 298 g/mol. The zero-order valence-electron chi connectivity index (χ0n) is 12.5. The first kappa shape index (κ1) is 16.1. The number of aryl methyl sites for hydroxylation is 2. The maximum atomic E-state index is 11.8. The topological polar surface area (TPSA) is 78.8 Å². The average Bonchev–Trinajstić information content (AvgIpc) is 2.52. The maximum absolute atomic E-state index is 11.8. The highest BCUT2D eigenvalue weighted by Gasteiger charge is 2.09. The van der Waals surface area contributed by atoms with Crippen LogP contribution in [0.5, 0.6) is 5.75 Å². The fraction of sp³-hybridized carbons (Fsp3) is 0.312. The summed E-state index contributed by atoms with van der Waals surface area (Å²) < 4.78 is 5.62. The largest absolute Gasteiger partial charge is 0.493 e. The van der Waals surface area contributed by atoms with Crippen LogP contribution in [-0.2, 0) is 6.42 Å². The summed E-state index contributed by atoms with van der Waals surface area (Å²) in [6, 6.07) is 9.74. The molecule has 6 heteroatoms. The van der Waals surface area contributed by atoms with E-state index in [4.69, 9.17) is 10.00 Å². The van der Waals surface area contributed by atoms with Crippen LogP contribution in [0.1, 0.15) is 23.7 Å². The Kier molecular flexibility index (Phi) is 5.61. The number of hydrogen-bond donors (Lipinski definition) is 1. The molecule has 1 aromatic heterocycles. The number of benzene rings is 1. The molecule has 0 unspecified atom stereocenters. The summed E-state index contributed by atoms with van der Waals surface area (Å²) >= 11 is 1.40. The van der Waals surface area contributed by atoms with Crippen LogP contribution in [0.4, 0.5) is 0 Å². The van der Waals surface area contributed by atoms with Gasteiger partial charge in [-0.15, -0.1) is 0 Å². The highest BCUT2D eigenvalue weighted by atomic mass is 32.2. The van der Waals surface area contributed by atoms with Gasteiger partial charge in [-0.3, -0.25) is 4.79 Å². The van der Waals surface area contributed by atoms with Crippen LogP contribution in [0.3, 0.4) is 0 Å². The van der Waals surface area contributed by atoms with Gasteiger partial charge in [0, 0.05) is 5.75 Å². The summed E-state index contributed by atoms with van der Waals surface area (Å²) in [5, 5.41) is 9.47. The number of nitrogens with zero attached hydrogens (tertiary/aromatic N) is 2. The van der Waals surface area contributed by atoms with Gasteiger partial charge in [0.15, 0.2) is 5.16 Å². The summed E-state index contributed by atoms with van der Waals surface area (Å²) in [6.45, 7) is 4.41. The summed E-state index contributed by atoms with van der Waals surface area (Å²) in [6.07, 6.45) is 0.556. The molecule has 114 valence electrons. The number of aromatic nitrogens is 2. The molecule has 0 aliphatic rings. The second-order valence-corrected chi connectivity index (χ2v) is 5.75. The summed E-state index contributed by atoms with van der Waals surface area (Å²) in [5.74, 6) is 1.48. The minimum absolute atomic E-state index is 0.0998. The Morgan fingerprint density at radius 3 is 2.73 bits per heavy atom. The highest BCUT2D eigenvalue weighted by molar-refractivity contribution is 7.99. The molecule has 22 heavy (non-hydrogen) atoms. The van der Waals surface area contributed by atoms with Crippen LogP contribution in [0.15, 0.2) is 34.2 Å². The number of nitrogens with one attached hydrogen (secondary N) is 1. The standard InChI is InChI=1S/C16H17N3O2S/c1-3-14-13(10-17)15(20)19-16(18-14)22-9-8-21-12-6-4-11(2)5-7-12/h4-7H,3,8-9H2,1-2H3,(H,18,19,20). The van der Waals surface area contributed by atoms with Crippen molar-refractivity contribution in [3.8, 4) is 11.8 Å². The van der Waals surface area contributed by atoms with Crippen molar-refractivity contribution < 1.29 is 4.74 Å². The van der Waals surface area contributed by atoms with E-state index in [-0.39, 0.29) is 11.1 Å². The van der Waals surface area contributed by atoms with Gasteiger partial charge < -0.3 is 9.72 Å². The van der Waals surface area contributed by atoms with Gasteiger partial charge in [0.05, 0.1) is 12.3 Å². The van der Waals surface area contributed by atoms with Crippen LogP contribution in [0.2, 0.25) is 0 Å². The number of aromatic amines is 1. The lowest BCUT2D eigenvalue weighted by Gasteiger charge is -2.07. The molecule has 0 spiro atoms. The van der Waals surface area contributed by atoms with Crippen LogP contribution in [-0.4, -0.2) is 22.3 Å². The SMILES string of the molecule is CCc1nc(SCCOc2ccc(C)cc2)[nH]c(=O)c1C#N. The van der Waals surface area contributed by atoms with Crippen LogP contribution in [0.25, 0.3) is 0 Å². The quantitative estimate of drug-likeness (QED) is 0.504. The lowest BCUT2D eigenvalue weighted by molar-refractivity contribution is 0.344.